The van der Waals surface area contributed by atoms with Crippen molar-refractivity contribution in [2.75, 3.05) is 6.61 Å². The maximum atomic E-state index is 11.8. The number of fused-ring (bicyclic) bond motifs is 1. The van der Waals surface area contributed by atoms with Gasteiger partial charge in [-0.2, -0.15) is 10.2 Å². The summed E-state index contributed by atoms with van der Waals surface area (Å²) in [5, 5.41) is 9.41. The number of carbonyl (C=O) groups excluding carboxylic acids is 1. The van der Waals surface area contributed by atoms with E-state index >= 15 is 0 Å². The number of imidazole rings is 1. The van der Waals surface area contributed by atoms with Gasteiger partial charge in [0, 0.05) is 12.4 Å². The van der Waals surface area contributed by atoms with Gasteiger partial charge in [0.25, 0.3) is 0 Å². The SMILES string of the molecule is CCOC(=O)c1nc2c([nH]1)[C@H](c1ccncc1)C(C#N)=C(N)O2. The molecule has 0 aromatic carbocycles. The highest BCUT2D eigenvalue weighted by atomic mass is 16.5. The lowest BCUT2D eigenvalue weighted by atomic mass is 9.88. The maximum Gasteiger partial charge on any atom is 0.374 e. The van der Waals surface area contributed by atoms with Crippen molar-refractivity contribution in [1.29, 1.82) is 5.26 Å². The van der Waals surface area contributed by atoms with Gasteiger partial charge in [0.15, 0.2) is 0 Å². The molecule has 0 amide bonds. The van der Waals surface area contributed by atoms with Gasteiger partial charge in [0.05, 0.1) is 18.2 Å². The van der Waals surface area contributed by atoms with Crippen molar-refractivity contribution >= 4 is 5.97 Å². The number of pyridine rings is 1. The first kappa shape index (κ1) is 14.6. The van der Waals surface area contributed by atoms with Crippen LogP contribution < -0.4 is 10.5 Å². The summed E-state index contributed by atoms with van der Waals surface area (Å²) in [7, 11) is 0. The van der Waals surface area contributed by atoms with E-state index in [4.69, 9.17) is 15.2 Å². The van der Waals surface area contributed by atoms with Crippen molar-refractivity contribution in [3.8, 4) is 11.9 Å². The van der Waals surface area contributed by atoms with Crippen LogP contribution in [0.3, 0.4) is 0 Å². The van der Waals surface area contributed by atoms with Crippen molar-refractivity contribution in [1.82, 2.24) is 15.0 Å². The minimum Gasteiger partial charge on any atom is -0.460 e. The number of nitrogens with two attached hydrogens (primary N) is 1. The first-order valence-corrected chi connectivity index (χ1v) is 6.90. The maximum absolute atomic E-state index is 11.8. The number of allylic oxidation sites excluding steroid dienone is 1. The van der Waals surface area contributed by atoms with Crippen LogP contribution in [0.5, 0.6) is 5.88 Å². The van der Waals surface area contributed by atoms with Crippen molar-refractivity contribution in [3.05, 3.63) is 53.1 Å². The molecule has 23 heavy (non-hydrogen) atoms. The number of rotatable bonds is 3. The van der Waals surface area contributed by atoms with Crippen molar-refractivity contribution in [2.45, 2.75) is 12.8 Å². The summed E-state index contributed by atoms with van der Waals surface area (Å²) in [5.74, 6) is -0.989. The second kappa shape index (κ2) is 5.81. The van der Waals surface area contributed by atoms with E-state index in [2.05, 4.69) is 21.0 Å². The zero-order valence-corrected chi connectivity index (χ0v) is 12.2. The Morgan fingerprint density at radius 3 is 2.91 bits per heavy atom. The highest BCUT2D eigenvalue weighted by Gasteiger charge is 2.34. The molecule has 3 N–H and O–H groups in total. The first-order valence-electron chi connectivity index (χ1n) is 6.90. The third kappa shape index (κ3) is 2.48. The fraction of sp³-hybridized carbons (Fsp3) is 0.200. The highest BCUT2D eigenvalue weighted by Crippen LogP contribution is 2.40. The zero-order valence-electron chi connectivity index (χ0n) is 12.2. The number of aromatic nitrogens is 3. The number of nitrogens with zero attached hydrogens (tertiary/aromatic N) is 3. The summed E-state index contributed by atoms with van der Waals surface area (Å²) in [5.41, 5.74) is 7.32. The second-order valence-corrected chi connectivity index (χ2v) is 4.73. The topological polar surface area (TPSA) is 127 Å². The Kier molecular flexibility index (Phi) is 3.68. The molecule has 0 spiro atoms. The molecule has 3 heterocycles. The first-order chi connectivity index (χ1) is 11.2. The van der Waals surface area contributed by atoms with Crippen LogP contribution in [-0.4, -0.2) is 27.5 Å². The number of ether oxygens (including phenoxy) is 2. The highest BCUT2D eigenvalue weighted by molar-refractivity contribution is 5.85. The van der Waals surface area contributed by atoms with E-state index in [1.54, 1.807) is 31.5 Å². The number of nitrogens with one attached hydrogen (secondary N) is 1. The lowest BCUT2D eigenvalue weighted by molar-refractivity contribution is 0.0512. The van der Waals surface area contributed by atoms with Gasteiger partial charge in [-0.15, -0.1) is 0 Å². The third-order valence-electron chi connectivity index (χ3n) is 3.37. The van der Waals surface area contributed by atoms with Crippen molar-refractivity contribution in [3.63, 3.8) is 0 Å². The summed E-state index contributed by atoms with van der Waals surface area (Å²) < 4.78 is 10.3. The number of esters is 1. The molecular weight excluding hydrogens is 298 g/mol. The molecule has 1 atom stereocenters. The molecule has 0 saturated heterocycles. The average Bonchev–Trinajstić information content (AvgIpc) is 2.98. The van der Waals surface area contributed by atoms with Crippen LogP contribution in [-0.2, 0) is 4.74 Å². The molecule has 8 heteroatoms. The molecule has 0 bridgehead atoms. The monoisotopic (exact) mass is 311 g/mol. The second-order valence-electron chi connectivity index (χ2n) is 4.73. The molecule has 2 aromatic heterocycles. The molecule has 1 aliphatic heterocycles. The normalized spacial score (nSPS) is 16.3. The Morgan fingerprint density at radius 2 is 2.26 bits per heavy atom. The van der Waals surface area contributed by atoms with Crippen LogP contribution in [0.25, 0.3) is 0 Å². The van der Waals surface area contributed by atoms with Crippen LogP contribution in [0.1, 0.15) is 34.7 Å². The number of hydrogen-bond acceptors (Lipinski definition) is 7. The lowest BCUT2D eigenvalue weighted by Crippen LogP contribution is -2.21. The predicted octanol–water partition coefficient (Wildman–Crippen LogP) is 1.20. The minimum atomic E-state index is -0.601. The molecule has 1 aliphatic rings. The third-order valence-corrected chi connectivity index (χ3v) is 3.37. The number of hydrogen-bond donors (Lipinski definition) is 2. The molecule has 0 radical (unpaired) electrons. The molecule has 116 valence electrons. The largest absolute Gasteiger partial charge is 0.460 e. The van der Waals surface area contributed by atoms with E-state index in [1.165, 1.54) is 0 Å². The average molecular weight is 311 g/mol. The summed E-state index contributed by atoms with van der Waals surface area (Å²) in [4.78, 5) is 22.8. The number of aromatic amines is 1. The van der Waals surface area contributed by atoms with Gasteiger partial charge in [-0.1, -0.05) is 0 Å². The number of nitriles is 1. The molecular formula is C15H13N5O3. The fourth-order valence-electron chi connectivity index (χ4n) is 2.39. The quantitative estimate of drug-likeness (QED) is 0.815. The molecule has 2 aromatic rings. The summed E-state index contributed by atoms with van der Waals surface area (Å²) in [6.45, 7) is 1.92. The molecule has 0 fully saturated rings. The van der Waals surface area contributed by atoms with E-state index in [9.17, 15) is 10.1 Å². The zero-order chi connectivity index (χ0) is 16.4. The van der Waals surface area contributed by atoms with Crippen molar-refractivity contribution < 1.29 is 14.3 Å². The van der Waals surface area contributed by atoms with Gasteiger partial charge in [-0.25, -0.2) is 4.79 Å². The van der Waals surface area contributed by atoms with Crippen LogP contribution >= 0.6 is 0 Å². The predicted molar refractivity (Wildman–Crippen MR) is 78.1 cm³/mol. The number of H-pyrrole nitrogens is 1. The Labute approximate surface area is 131 Å². The van der Waals surface area contributed by atoms with Crippen molar-refractivity contribution in [2.24, 2.45) is 5.73 Å². The van der Waals surface area contributed by atoms with Gasteiger partial charge in [-0.3, -0.25) is 4.98 Å². The summed E-state index contributed by atoms with van der Waals surface area (Å²) >= 11 is 0. The fourth-order valence-corrected chi connectivity index (χ4v) is 2.39. The minimum absolute atomic E-state index is 0.00268. The lowest BCUT2D eigenvalue weighted by Gasteiger charge is -2.22. The van der Waals surface area contributed by atoms with E-state index in [0.717, 1.165) is 5.56 Å². The van der Waals surface area contributed by atoms with E-state index < -0.39 is 11.9 Å². The van der Waals surface area contributed by atoms with Crippen LogP contribution in [0, 0.1) is 11.3 Å². The van der Waals surface area contributed by atoms with Gasteiger partial charge in [0.2, 0.25) is 17.6 Å². The van der Waals surface area contributed by atoms with Crippen LogP contribution in [0.15, 0.2) is 36.0 Å². The number of carbonyl (C=O) groups is 1. The van der Waals surface area contributed by atoms with Crippen LogP contribution in [0.4, 0.5) is 0 Å². The van der Waals surface area contributed by atoms with Gasteiger partial charge >= 0.3 is 5.97 Å². The van der Waals surface area contributed by atoms with Gasteiger partial charge in [-0.05, 0) is 24.6 Å². The van der Waals surface area contributed by atoms with Gasteiger partial charge < -0.3 is 20.2 Å². The standard InChI is InChI=1S/C15H13N5O3/c1-2-22-15(21)13-19-11-10(8-3-5-18-6-4-8)9(7-16)12(17)23-14(11)20-13/h3-6,10H,2,17H2,1H3,(H,19,20)/t10-/m1/s1. The van der Waals surface area contributed by atoms with Gasteiger partial charge in [0.1, 0.15) is 11.6 Å². The summed E-state index contributed by atoms with van der Waals surface area (Å²) in [6, 6.07) is 5.57. The van der Waals surface area contributed by atoms with E-state index in [1.807, 2.05) is 0 Å². The smallest absolute Gasteiger partial charge is 0.374 e. The Bertz CT molecular complexity index is 819. The Morgan fingerprint density at radius 1 is 1.52 bits per heavy atom. The molecule has 0 aliphatic carbocycles. The molecule has 0 saturated carbocycles. The molecule has 3 rings (SSSR count). The Hall–Kier alpha value is -3.34. The van der Waals surface area contributed by atoms with E-state index in [-0.39, 0.29) is 29.8 Å². The molecule has 8 nitrogen and oxygen atoms in total. The summed E-state index contributed by atoms with van der Waals surface area (Å²) in [6.07, 6.45) is 3.22. The Balaban J connectivity index is 2.11. The van der Waals surface area contributed by atoms with Crippen LogP contribution in [0.2, 0.25) is 0 Å². The van der Waals surface area contributed by atoms with E-state index in [0.29, 0.717) is 5.69 Å². The molecule has 0 unspecified atom stereocenters.